The molecule has 5 nitrogen and oxygen atoms in total. The van der Waals surface area contributed by atoms with Gasteiger partial charge in [0.05, 0.1) is 16.8 Å². The van der Waals surface area contributed by atoms with E-state index in [1.54, 1.807) is 0 Å². The van der Waals surface area contributed by atoms with Crippen LogP contribution in [0.25, 0.3) is 0 Å². The van der Waals surface area contributed by atoms with Gasteiger partial charge in [-0.1, -0.05) is 19.1 Å². The van der Waals surface area contributed by atoms with Crippen LogP contribution in [0.15, 0.2) is 6.20 Å². The normalized spacial score (nSPS) is 13.1. The molecule has 0 aromatic carbocycles. The summed E-state index contributed by atoms with van der Waals surface area (Å²) >= 11 is 0. The average Bonchev–Trinajstić information content (AvgIpc) is 2.76. The zero-order chi connectivity index (χ0) is 16.1. The molecule has 122 valence electrons. The van der Waals surface area contributed by atoms with E-state index < -0.39 is 0 Å². The highest BCUT2D eigenvalue weighted by molar-refractivity contribution is 4.99. The van der Waals surface area contributed by atoms with E-state index in [1.165, 1.54) is 0 Å². The van der Waals surface area contributed by atoms with Crippen LogP contribution in [-0.2, 0) is 16.7 Å². The third kappa shape index (κ3) is 6.14. The number of nitrogens with zero attached hydrogens (tertiary/aromatic N) is 3. The van der Waals surface area contributed by atoms with E-state index in [9.17, 15) is 0 Å². The molecule has 0 fully saturated rings. The van der Waals surface area contributed by atoms with Gasteiger partial charge in [-0.15, -0.1) is 5.10 Å². The Bertz CT molecular complexity index is 425. The maximum absolute atomic E-state index is 9.12. The second-order valence-electron chi connectivity index (χ2n) is 7.41. The van der Waals surface area contributed by atoms with Gasteiger partial charge in [-0.05, 0) is 46.5 Å². The van der Waals surface area contributed by atoms with E-state index in [1.807, 2.05) is 24.7 Å². The van der Waals surface area contributed by atoms with Crippen molar-refractivity contribution in [1.29, 1.82) is 0 Å². The number of hydrogen-bond donors (Lipinski definition) is 1. The molecule has 1 heterocycles. The average molecular weight is 297 g/mol. The maximum Gasteiger partial charge on any atom is 0.0855 e. The second-order valence-corrected chi connectivity index (χ2v) is 7.41. The van der Waals surface area contributed by atoms with Gasteiger partial charge in [0, 0.05) is 25.8 Å². The van der Waals surface area contributed by atoms with Crippen molar-refractivity contribution in [2.24, 2.45) is 5.92 Å². The van der Waals surface area contributed by atoms with Crippen LogP contribution in [0.3, 0.4) is 0 Å². The first-order valence-corrected chi connectivity index (χ1v) is 7.83. The highest BCUT2D eigenvalue weighted by Gasteiger charge is 2.25. The van der Waals surface area contributed by atoms with Crippen molar-refractivity contribution in [2.45, 2.75) is 71.9 Å². The number of aromatic nitrogens is 3. The van der Waals surface area contributed by atoms with E-state index in [-0.39, 0.29) is 17.7 Å². The van der Waals surface area contributed by atoms with Crippen LogP contribution < -0.4 is 0 Å². The van der Waals surface area contributed by atoms with Crippen LogP contribution in [0, 0.1) is 5.92 Å². The number of ether oxygens (including phenoxy) is 1. The fourth-order valence-corrected chi connectivity index (χ4v) is 2.12. The van der Waals surface area contributed by atoms with Crippen LogP contribution >= 0.6 is 0 Å². The third-order valence-electron chi connectivity index (χ3n) is 3.68. The molecule has 1 rings (SSSR count). The summed E-state index contributed by atoms with van der Waals surface area (Å²) in [5, 5.41) is 17.6. The summed E-state index contributed by atoms with van der Waals surface area (Å²) in [4.78, 5) is 0. The lowest BCUT2D eigenvalue weighted by Gasteiger charge is -2.25. The minimum atomic E-state index is -0.239. The number of aliphatic hydroxyl groups is 1. The van der Waals surface area contributed by atoms with Gasteiger partial charge in [0.15, 0.2) is 0 Å². The Balaban J connectivity index is 2.60. The van der Waals surface area contributed by atoms with Gasteiger partial charge in [0.1, 0.15) is 0 Å². The van der Waals surface area contributed by atoms with Crippen LogP contribution in [0.1, 0.15) is 60.1 Å². The molecule has 0 atom stereocenters. The standard InChI is InChI=1S/C16H31N3O2/c1-13(2)7-10-21-16(5,6)11-14-12-19(18-17-14)15(3,4)8-9-20/h12-13,20H,7-11H2,1-6H3. The predicted molar refractivity (Wildman–Crippen MR) is 84.2 cm³/mol. The summed E-state index contributed by atoms with van der Waals surface area (Å²) in [6.45, 7) is 13.6. The van der Waals surface area contributed by atoms with Crippen LogP contribution in [-0.4, -0.2) is 38.9 Å². The Kier molecular flexibility index (Phi) is 6.35. The van der Waals surface area contributed by atoms with Crippen molar-refractivity contribution in [3.05, 3.63) is 11.9 Å². The molecule has 0 saturated heterocycles. The molecule has 1 N–H and O–H groups in total. The molecule has 5 heteroatoms. The molecule has 0 radical (unpaired) electrons. The number of rotatable bonds is 9. The lowest BCUT2D eigenvalue weighted by molar-refractivity contribution is -0.0221. The van der Waals surface area contributed by atoms with Crippen molar-refractivity contribution in [2.75, 3.05) is 13.2 Å². The molecule has 0 aliphatic heterocycles. The Labute approximate surface area is 128 Å². The molecule has 1 aromatic heterocycles. The second kappa shape index (κ2) is 7.36. The Hall–Kier alpha value is -0.940. The smallest absolute Gasteiger partial charge is 0.0855 e. The predicted octanol–water partition coefficient (Wildman–Crippen LogP) is 2.78. The monoisotopic (exact) mass is 297 g/mol. The van der Waals surface area contributed by atoms with Gasteiger partial charge < -0.3 is 9.84 Å². The zero-order valence-corrected chi connectivity index (χ0v) is 14.4. The molecular weight excluding hydrogens is 266 g/mol. The molecule has 0 saturated carbocycles. The molecule has 0 amide bonds. The van der Waals surface area contributed by atoms with Crippen molar-refractivity contribution in [1.82, 2.24) is 15.0 Å². The first-order valence-electron chi connectivity index (χ1n) is 7.83. The molecule has 21 heavy (non-hydrogen) atoms. The van der Waals surface area contributed by atoms with Crippen molar-refractivity contribution < 1.29 is 9.84 Å². The van der Waals surface area contributed by atoms with E-state index in [2.05, 4.69) is 38.0 Å². The summed E-state index contributed by atoms with van der Waals surface area (Å²) in [5.74, 6) is 0.654. The minimum Gasteiger partial charge on any atom is -0.396 e. The summed E-state index contributed by atoms with van der Waals surface area (Å²) in [6.07, 6.45) is 4.42. The summed E-state index contributed by atoms with van der Waals surface area (Å²) in [6, 6.07) is 0. The van der Waals surface area contributed by atoms with E-state index in [0.717, 1.165) is 25.1 Å². The van der Waals surface area contributed by atoms with E-state index >= 15 is 0 Å². The van der Waals surface area contributed by atoms with Gasteiger partial charge in [0.25, 0.3) is 0 Å². The van der Waals surface area contributed by atoms with Crippen molar-refractivity contribution in [3.63, 3.8) is 0 Å². The quantitative estimate of drug-likeness (QED) is 0.761. The van der Waals surface area contributed by atoms with Gasteiger partial charge in [-0.25, -0.2) is 4.68 Å². The van der Waals surface area contributed by atoms with Crippen molar-refractivity contribution in [3.8, 4) is 0 Å². The SMILES string of the molecule is CC(C)CCOC(C)(C)Cc1cn(C(C)(C)CCO)nn1. The van der Waals surface area contributed by atoms with Gasteiger partial charge in [-0.2, -0.15) is 0 Å². The van der Waals surface area contributed by atoms with Gasteiger partial charge >= 0.3 is 0 Å². The first-order chi connectivity index (χ1) is 9.66. The highest BCUT2D eigenvalue weighted by Crippen LogP contribution is 2.21. The third-order valence-corrected chi connectivity index (χ3v) is 3.68. The Morgan fingerprint density at radius 3 is 2.52 bits per heavy atom. The molecule has 0 aliphatic carbocycles. The topological polar surface area (TPSA) is 60.2 Å². The van der Waals surface area contributed by atoms with Gasteiger partial charge in [-0.3, -0.25) is 0 Å². The molecule has 0 bridgehead atoms. The minimum absolute atomic E-state index is 0.145. The molecule has 0 unspecified atom stereocenters. The summed E-state index contributed by atoms with van der Waals surface area (Å²) < 4.78 is 7.81. The fourth-order valence-electron chi connectivity index (χ4n) is 2.12. The van der Waals surface area contributed by atoms with Crippen LogP contribution in [0.5, 0.6) is 0 Å². The highest BCUT2D eigenvalue weighted by atomic mass is 16.5. The van der Waals surface area contributed by atoms with Gasteiger partial charge in [0.2, 0.25) is 0 Å². The van der Waals surface area contributed by atoms with Crippen LogP contribution in [0.4, 0.5) is 0 Å². The Morgan fingerprint density at radius 1 is 1.29 bits per heavy atom. The summed E-state index contributed by atoms with van der Waals surface area (Å²) in [7, 11) is 0. The first kappa shape index (κ1) is 18.1. The molecule has 1 aromatic rings. The van der Waals surface area contributed by atoms with Crippen LogP contribution in [0.2, 0.25) is 0 Å². The lowest BCUT2D eigenvalue weighted by atomic mass is 10.0. The number of hydrogen-bond acceptors (Lipinski definition) is 4. The molecule has 0 spiro atoms. The van der Waals surface area contributed by atoms with E-state index in [4.69, 9.17) is 9.84 Å². The molecule has 0 aliphatic rings. The fraction of sp³-hybridized carbons (Fsp3) is 0.875. The largest absolute Gasteiger partial charge is 0.396 e. The Morgan fingerprint density at radius 2 is 1.95 bits per heavy atom. The zero-order valence-electron chi connectivity index (χ0n) is 14.4. The lowest BCUT2D eigenvalue weighted by Crippen LogP contribution is -2.29. The summed E-state index contributed by atoms with van der Waals surface area (Å²) in [5.41, 5.74) is 0.468. The molecular formula is C16H31N3O2. The maximum atomic E-state index is 9.12. The van der Waals surface area contributed by atoms with E-state index in [0.29, 0.717) is 12.3 Å². The number of aliphatic hydroxyl groups excluding tert-OH is 1. The van der Waals surface area contributed by atoms with Crippen molar-refractivity contribution >= 4 is 0 Å².